The first kappa shape index (κ1) is 13.3. The number of benzene rings is 1. The molecule has 1 aromatic carbocycles. The number of rotatable bonds is 5. The predicted octanol–water partition coefficient (Wildman–Crippen LogP) is 2.89. The Morgan fingerprint density at radius 3 is 2.62 bits per heavy atom. The lowest BCUT2D eigenvalue weighted by atomic mass is 10.2. The van der Waals surface area contributed by atoms with Crippen molar-refractivity contribution in [3.8, 4) is 0 Å². The van der Waals surface area contributed by atoms with Crippen molar-refractivity contribution >= 4 is 27.3 Å². The number of hydrogen-bond acceptors (Lipinski definition) is 3. The molecule has 16 heavy (non-hydrogen) atoms. The molecule has 0 heterocycles. The van der Waals surface area contributed by atoms with Gasteiger partial charge in [-0.3, -0.25) is 0 Å². The smallest absolute Gasteiger partial charge is 0.0637 e. The average Bonchev–Trinajstić information content (AvgIpc) is 2.20. The van der Waals surface area contributed by atoms with Gasteiger partial charge in [-0.15, -0.1) is 0 Å². The molecule has 1 aromatic rings. The number of nitrogen functional groups attached to an aromatic ring is 1. The van der Waals surface area contributed by atoms with E-state index in [-0.39, 0.29) is 0 Å². The largest absolute Gasteiger partial charge is 0.399 e. The Balaban J connectivity index is 2.92. The van der Waals surface area contributed by atoms with Gasteiger partial charge in [0.05, 0.1) is 12.3 Å². The van der Waals surface area contributed by atoms with Crippen LogP contribution < -0.4 is 10.6 Å². The summed E-state index contributed by atoms with van der Waals surface area (Å²) in [5, 5.41) is 0. The highest BCUT2D eigenvalue weighted by atomic mass is 79.9. The summed E-state index contributed by atoms with van der Waals surface area (Å²) >= 11 is 3.55. The minimum atomic E-state index is 0.426. The number of hydrogen-bond donors (Lipinski definition) is 1. The normalized spacial score (nSPS) is 10.8. The van der Waals surface area contributed by atoms with Crippen LogP contribution in [0, 0.1) is 0 Å². The molecule has 0 saturated heterocycles. The van der Waals surface area contributed by atoms with E-state index in [4.69, 9.17) is 10.5 Å². The van der Waals surface area contributed by atoms with Gasteiger partial charge in [-0.05, 0) is 48.0 Å². The topological polar surface area (TPSA) is 38.5 Å². The van der Waals surface area contributed by atoms with Crippen LogP contribution >= 0.6 is 15.9 Å². The van der Waals surface area contributed by atoms with Crippen molar-refractivity contribution in [2.24, 2.45) is 0 Å². The van der Waals surface area contributed by atoms with Crippen molar-refractivity contribution in [3.05, 3.63) is 22.7 Å². The minimum Gasteiger partial charge on any atom is -0.399 e. The molecule has 3 nitrogen and oxygen atoms in total. The quantitative estimate of drug-likeness (QED) is 0.846. The molecule has 2 N–H and O–H groups in total. The Morgan fingerprint density at radius 1 is 1.44 bits per heavy atom. The number of ether oxygens (including phenoxy) is 1. The predicted molar refractivity (Wildman–Crippen MR) is 72.9 cm³/mol. The molecule has 0 aliphatic heterocycles. The molecule has 1 rings (SSSR count). The van der Waals surface area contributed by atoms with Gasteiger partial charge < -0.3 is 15.4 Å². The molecule has 0 amide bonds. The SMILES string of the molecule is COCCN(c1ccc(N)cc1Br)C(C)C. The molecular weight excluding hydrogens is 268 g/mol. The fourth-order valence-corrected chi connectivity index (χ4v) is 2.23. The average molecular weight is 287 g/mol. The van der Waals surface area contributed by atoms with E-state index in [1.807, 2.05) is 18.2 Å². The van der Waals surface area contributed by atoms with E-state index in [2.05, 4.69) is 34.7 Å². The van der Waals surface area contributed by atoms with Crippen LogP contribution in [0.2, 0.25) is 0 Å². The molecule has 0 bridgehead atoms. The summed E-state index contributed by atoms with van der Waals surface area (Å²) in [6.07, 6.45) is 0. The first-order chi connectivity index (χ1) is 7.56. The standard InChI is InChI=1S/C12H19BrN2O/c1-9(2)15(6-7-16-3)12-5-4-10(14)8-11(12)13/h4-5,8-9H,6-7,14H2,1-3H3. The second-order valence-electron chi connectivity index (χ2n) is 3.99. The first-order valence-corrected chi connectivity index (χ1v) is 6.16. The maximum absolute atomic E-state index is 5.73. The van der Waals surface area contributed by atoms with Crippen LogP contribution in [0.5, 0.6) is 0 Å². The zero-order valence-corrected chi connectivity index (χ0v) is 11.6. The van der Waals surface area contributed by atoms with Crippen molar-refractivity contribution < 1.29 is 4.74 Å². The Hall–Kier alpha value is -0.740. The van der Waals surface area contributed by atoms with Crippen LogP contribution in [0.4, 0.5) is 11.4 Å². The van der Waals surface area contributed by atoms with Gasteiger partial charge in [0.1, 0.15) is 0 Å². The number of halogens is 1. The second-order valence-corrected chi connectivity index (χ2v) is 4.85. The van der Waals surface area contributed by atoms with Crippen LogP contribution in [0.1, 0.15) is 13.8 Å². The fraction of sp³-hybridized carbons (Fsp3) is 0.500. The third kappa shape index (κ3) is 3.39. The third-order valence-corrected chi connectivity index (χ3v) is 3.08. The highest BCUT2D eigenvalue weighted by Gasteiger charge is 2.13. The van der Waals surface area contributed by atoms with Crippen molar-refractivity contribution in [1.82, 2.24) is 0 Å². The van der Waals surface area contributed by atoms with Crippen LogP contribution in [-0.4, -0.2) is 26.3 Å². The lowest BCUT2D eigenvalue weighted by molar-refractivity contribution is 0.204. The lowest BCUT2D eigenvalue weighted by Crippen LogP contribution is -2.34. The summed E-state index contributed by atoms with van der Waals surface area (Å²) in [5.41, 5.74) is 7.65. The van der Waals surface area contributed by atoms with Crippen LogP contribution in [0.25, 0.3) is 0 Å². The highest BCUT2D eigenvalue weighted by molar-refractivity contribution is 9.10. The molecule has 90 valence electrons. The molecule has 4 heteroatoms. The van der Waals surface area contributed by atoms with Gasteiger partial charge in [-0.1, -0.05) is 0 Å². The number of anilines is 2. The third-order valence-electron chi connectivity index (χ3n) is 2.44. The molecule has 0 unspecified atom stereocenters. The maximum atomic E-state index is 5.73. The van der Waals surface area contributed by atoms with E-state index >= 15 is 0 Å². The molecular formula is C12H19BrN2O. The Morgan fingerprint density at radius 2 is 2.12 bits per heavy atom. The molecule has 0 radical (unpaired) electrons. The molecule has 0 aromatic heterocycles. The van der Waals surface area contributed by atoms with Gasteiger partial charge in [0.15, 0.2) is 0 Å². The van der Waals surface area contributed by atoms with Crippen LogP contribution in [0.3, 0.4) is 0 Å². The summed E-state index contributed by atoms with van der Waals surface area (Å²) < 4.78 is 6.15. The van der Waals surface area contributed by atoms with Crippen molar-refractivity contribution in [3.63, 3.8) is 0 Å². The van der Waals surface area contributed by atoms with Crippen LogP contribution in [0.15, 0.2) is 22.7 Å². The molecule has 0 atom stereocenters. The zero-order chi connectivity index (χ0) is 12.1. The lowest BCUT2D eigenvalue weighted by Gasteiger charge is -2.29. The summed E-state index contributed by atoms with van der Waals surface area (Å²) in [5.74, 6) is 0. The summed E-state index contributed by atoms with van der Waals surface area (Å²) in [4.78, 5) is 2.28. The second kappa shape index (κ2) is 6.11. The van der Waals surface area contributed by atoms with E-state index in [1.54, 1.807) is 7.11 Å². The molecule has 0 spiro atoms. The zero-order valence-electron chi connectivity index (χ0n) is 10.0. The summed E-state index contributed by atoms with van der Waals surface area (Å²) in [7, 11) is 1.72. The summed E-state index contributed by atoms with van der Waals surface area (Å²) in [6.45, 7) is 5.92. The Labute approximate surface area is 106 Å². The van der Waals surface area contributed by atoms with Crippen molar-refractivity contribution in [2.75, 3.05) is 30.9 Å². The maximum Gasteiger partial charge on any atom is 0.0637 e. The number of nitrogens with two attached hydrogens (primary N) is 1. The Kier molecular flexibility index (Phi) is 5.09. The van der Waals surface area contributed by atoms with E-state index in [0.29, 0.717) is 6.04 Å². The number of nitrogens with zero attached hydrogens (tertiary/aromatic N) is 1. The van der Waals surface area contributed by atoms with Crippen LogP contribution in [-0.2, 0) is 4.74 Å². The van der Waals surface area contributed by atoms with E-state index < -0.39 is 0 Å². The van der Waals surface area contributed by atoms with Gasteiger partial charge in [0, 0.05) is 29.9 Å². The minimum absolute atomic E-state index is 0.426. The Bertz CT molecular complexity index is 342. The van der Waals surface area contributed by atoms with E-state index in [1.165, 1.54) is 0 Å². The fourth-order valence-electron chi connectivity index (χ4n) is 1.60. The van der Waals surface area contributed by atoms with E-state index in [9.17, 15) is 0 Å². The van der Waals surface area contributed by atoms with Crippen molar-refractivity contribution in [1.29, 1.82) is 0 Å². The van der Waals surface area contributed by atoms with Gasteiger partial charge in [0.2, 0.25) is 0 Å². The van der Waals surface area contributed by atoms with Gasteiger partial charge in [-0.25, -0.2) is 0 Å². The molecule has 0 saturated carbocycles. The van der Waals surface area contributed by atoms with E-state index in [0.717, 1.165) is 29.0 Å². The first-order valence-electron chi connectivity index (χ1n) is 5.37. The van der Waals surface area contributed by atoms with Gasteiger partial charge >= 0.3 is 0 Å². The summed E-state index contributed by atoms with van der Waals surface area (Å²) in [6, 6.07) is 6.31. The number of methoxy groups -OCH3 is 1. The highest BCUT2D eigenvalue weighted by Crippen LogP contribution is 2.29. The van der Waals surface area contributed by atoms with Crippen molar-refractivity contribution in [2.45, 2.75) is 19.9 Å². The van der Waals surface area contributed by atoms with Gasteiger partial charge in [-0.2, -0.15) is 0 Å². The molecule has 0 aliphatic rings. The molecule has 0 aliphatic carbocycles. The molecule has 0 fully saturated rings. The van der Waals surface area contributed by atoms with Gasteiger partial charge in [0.25, 0.3) is 0 Å². The monoisotopic (exact) mass is 286 g/mol.